The zero-order chi connectivity index (χ0) is 23.0. The molecule has 0 saturated carbocycles. The van der Waals surface area contributed by atoms with Crippen molar-refractivity contribution in [1.29, 1.82) is 0 Å². The molecular formula is C23H21N3O5S. The van der Waals surface area contributed by atoms with Gasteiger partial charge in [-0.15, -0.1) is 0 Å². The van der Waals surface area contributed by atoms with Gasteiger partial charge in [0.1, 0.15) is 5.75 Å². The molecule has 1 aliphatic rings. The van der Waals surface area contributed by atoms with Crippen molar-refractivity contribution >= 4 is 38.9 Å². The topological polar surface area (TPSA) is 105 Å². The molecule has 3 aromatic rings. The van der Waals surface area contributed by atoms with E-state index in [1.165, 1.54) is 48.2 Å². The van der Waals surface area contributed by atoms with Gasteiger partial charge in [0.05, 0.1) is 16.1 Å². The first-order valence-electron chi connectivity index (χ1n) is 9.75. The Bertz CT molecular complexity index is 1330. The van der Waals surface area contributed by atoms with Gasteiger partial charge in [-0.1, -0.05) is 6.07 Å². The van der Waals surface area contributed by atoms with E-state index in [4.69, 9.17) is 4.74 Å². The van der Waals surface area contributed by atoms with E-state index in [1.54, 1.807) is 19.2 Å². The van der Waals surface area contributed by atoms with E-state index >= 15 is 0 Å². The number of amides is 2. The molecule has 0 aliphatic carbocycles. The maximum Gasteiger partial charge on any atom is 0.261 e. The standard InChI is InChI=1S/C23H21N3O5S/c1-14-4-10-22-20(12-14)26(3)23(28)19-13-17(7-11-21(19)31-22)25-32(29,30)18-8-5-16(6-9-18)24-15(2)27/h4-13,25H,1-3H3,(H,24,27). The zero-order valence-corrected chi connectivity index (χ0v) is 18.5. The fraction of sp³-hybridized carbons (Fsp3) is 0.130. The second-order valence-electron chi connectivity index (χ2n) is 7.46. The van der Waals surface area contributed by atoms with E-state index in [1.807, 2.05) is 19.1 Å². The Morgan fingerprint density at radius 3 is 2.28 bits per heavy atom. The lowest BCUT2D eigenvalue weighted by Crippen LogP contribution is -2.25. The molecule has 9 heteroatoms. The third kappa shape index (κ3) is 4.15. The van der Waals surface area contributed by atoms with Crippen LogP contribution in [-0.2, 0) is 14.8 Å². The average Bonchev–Trinajstić information content (AvgIpc) is 2.83. The van der Waals surface area contributed by atoms with Crippen molar-refractivity contribution in [2.75, 3.05) is 22.0 Å². The third-order valence-electron chi connectivity index (χ3n) is 4.95. The van der Waals surface area contributed by atoms with E-state index in [9.17, 15) is 18.0 Å². The molecule has 1 aliphatic heterocycles. The lowest BCUT2D eigenvalue weighted by atomic mass is 10.1. The van der Waals surface area contributed by atoms with Gasteiger partial charge in [-0.2, -0.15) is 0 Å². The predicted octanol–water partition coefficient (Wildman–Crippen LogP) is 4.14. The van der Waals surface area contributed by atoms with Crippen LogP contribution in [0.2, 0.25) is 0 Å². The number of aryl methyl sites for hydroxylation is 1. The summed E-state index contributed by atoms with van der Waals surface area (Å²) in [4.78, 5) is 25.7. The van der Waals surface area contributed by atoms with Gasteiger partial charge in [-0.3, -0.25) is 14.3 Å². The minimum atomic E-state index is -3.91. The number of ether oxygens (including phenoxy) is 1. The van der Waals surface area contributed by atoms with Gasteiger partial charge in [0.2, 0.25) is 5.91 Å². The highest BCUT2D eigenvalue weighted by Crippen LogP contribution is 2.39. The minimum Gasteiger partial charge on any atom is -0.454 e. The maximum atomic E-state index is 13.1. The Hall–Kier alpha value is -3.85. The molecule has 3 aromatic carbocycles. The first-order chi connectivity index (χ1) is 15.1. The number of hydrogen-bond acceptors (Lipinski definition) is 5. The molecule has 164 valence electrons. The van der Waals surface area contributed by atoms with Crippen LogP contribution in [0, 0.1) is 6.92 Å². The van der Waals surface area contributed by atoms with Crippen molar-refractivity contribution < 1.29 is 22.7 Å². The summed E-state index contributed by atoms with van der Waals surface area (Å²) in [6.45, 7) is 3.29. The SMILES string of the molecule is CC(=O)Nc1ccc(S(=O)(=O)Nc2ccc3c(c2)C(=O)N(C)c2cc(C)ccc2O3)cc1. The van der Waals surface area contributed by atoms with E-state index in [2.05, 4.69) is 10.0 Å². The van der Waals surface area contributed by atoms with Gasteiger partial charge in [0.15, 0.2) is 5.75 Å². The molecule has 2 N–H and O–H groups in total. The smallest absolute Gasteiger partial charge is 0.261 e. The number of rotatable bonds is 4. The molecule has 32 heavy (non-hydrogen) atoms. The highest BCUT2D eigenvalue weighted by molar-refractivity contribution is 7.92. The summed E-state index contributed by atoms with van der Waals surface area (Å²) >= 11 is 0. The first kappa shape index (κ1) is 21.4. The molecule has 0 saturated heterocycles. The van der Waals surface area contributed by atoms with Crippen LogP contribution in [0.5, 0.6) is 11.5 Å². The Kier molecular flexibility index (Phi) is 5.35. The fourth-order valence-corrected chi connectivity index (χ4v) is 4.42. The Balaban J connectivity index is 1.63. The van der Waals surface area contributed by atoms with Crippen molar-refractivity contribution in [2.45, 2.75) is 18.7 Å². The zero-order valence-electron chi connectivity index (χ0n) is 17.7. The molecule has 0 bridgehead atoms. The number of nitrogens with one attached hydrogen (secondary N) is 2. The van der Waals surface area contributed by atoms with Crippen LogP contribution in [0.15, 0.2) is 65.6 Å². The fourth-order valence-electron chi connectivity index (χ4n) is 3.37. The predicted molar refractivity (Wildman–Crippen MR) is 122 cm³/mol. The second-order valence-corrected chi connectivity index (χ2v) is 9.14. The van der Waals surface area contributed by atoms with Gasteiger partial charge in [-0.25, -0.2) is 8.42 Å². The molecule has 8 nitrogen and oxygen atoms in total. The van der Waals surface area contributed by atoms with Gasteiger partial charge >= 0.3 is 0 Å². The van der Waals surface area contributed by atoms with Crippen LogP contribution < -0.4 is 19.7 Å². The van der Waals surface area contributed by atoms with E-state index in [-0.39, 0.29) is 28.0 Å². The van der Waals surface area contributed by atoms with Crippen molar-refractivity contribution in [3.63, 3.8) is 0 Å². The number of nitrogens with zero attached hydrogens (tertiary/aromatic N) is 1. The molecule has 4 rings (SSSR count). The van der Waals surface area contributed by atoms with E-state index in [0.29, 0.717) is 22.9 Å². The maximum absolute atomic E-state index is 13.1. The molecular weight excluding hydrogens is 430 g/mol. The molecule has 0 unspecified atom stereocenters. The van der Waals surface area contributed by atoms with Crippen molar-refractivity contribution in [3.8, 4) is 11.5 Å². The lowest BCUT2D eigenvalue weighted by Gasteiger charge is -2.17. The normalized spacial score (nSPS) is 12.8. The average molecular weight is 452 g/mol. The summed E-state index contributed by atoms with van der Waals surface area (Å²) in [5, 5.41) is 2.58. The summed E-state index contributed by atoms with van der Waals surface area (Å²) in [6, 6.07) is 15.9. The summed E-state index contributed by atoms with van der Waals surface area (Å²) < 4.78 is 34.0. The van der Waals surface area contributed by atoms with Crippen LogP contribution in [0.3, 0.4) is 0 Å². The van der Waals surface area contributed by atoms with Crippen LogP contribution in [0.1, 0.15) is 22.8 Å². The highest BCUT2D eigenvalue weighted by atomic mass is 32.2. The molecule has 2 amide bonds. The van der Waals surface area contributed by atoms with Gasteiger partial charge in [0, 0.05) is 25.3 Å². The molecule has 0 radical (unpaired) electrons. The molecule has 0 aromatic heterocycles. The summed E-state index contributed by atoms with van der Waals surface area (Å²) in [7, 11) is -2.27. The van der Waals surface area contributed by atoms with E-state index in [0.717, 1.165) is 5.56 Å². The van der Waals surface area contributed by atoms with Crippen molar-refractivity contribution in [3.05, 3.63) is 71.8 Å². The summed E-state index contributed by atoms with van der Waals surface area (Å²) in [6.07, 6.45) is 0. The number of anilines is 3. The first-order valence-corrected chi connectivity index (χ1v) is 11.2. The summed E-state index contributed by atoms with van der Waals surface area (Å²) in [5.74, 6) is 0.313. The number of fused-ring (bicyclic) bond motifs is 2. The van der Waals surface area contributed by atoms with Crippen LogP contribution in [0.4, 0.5) is 17.1 Å². The van der Waals surface area contributed by atoms with Gasteiger partial charge in [0.25, 0.3) is 15.9 Å². The second kappa shape index (κ2) is 8.01. The quantitative estimate of drug-likeness (QED) is 0.620. The number of hydrogen-bond donors (Lipinski definition) is 2. The summed E-state index contributed by atoms with van der Waals surface area (Å²) in [5.41, 5.74) is 2.57. The number of sulfonamides is 1. The number of benzene rings is 3. The van der Waals surface area contributed by atoms with Crippen molar-refractivity contribution in [1.82, 2.24) is 0 Å². The molecule has 0 fully saturated rings. The lowest BCUT2D eigenvalue weighted by molar-refractivity contribution is -0.114. The minimum absolute atomic E-state index is 0.0177. The Morgan fingerprint density at radius 2 is 1.59 bits per heavy atom. The Labute approximate surface area is 185 Å². The highest BCUT2D eigenvalue weighted by Gasteiger charge is 2.27. The molecule has 0 spiro atoms. The van der Waals surface area contributed by atoms with Crippen LogP contribution >= 0.6 is 0 Å². The number of carbonyl (C=O) groups excluding carboxylic acids is 2. The third-order valence-corrected chi connectivity index (χ3v) is 6.34. The van der Waals surface area contributed by atoms with E-state index < -0.39 is 10.0 Å². The largest absolute Gasteiger partial charge is 0.454 e. The van der Waals surface area contributed by atoms with Crippen molar-refractivity contribution in [2.24, 2.45) is 0 Å². The van der Waals surface area contributed by atoms with Crippen LogP contribution in [-0.4, -0.2) is 27.3 Å². The number of carbonyl (C=O) groups is 2. The monoisotopic (exact) mass is 451 g/mol. The van der Waals surface area contributed by atoms with Gasteiger partial charge in [-0.05, 0) is 67.1 Å². The molecule has 0 atom stereocenters. The molecule has 1 heterocycles. The van der Waals surface area contributed by atoms with Crippen LogP contribution in [0.25, 0.3) is 0 Å². The Morgan fingerprint density at radius 1 is 0.938 bits per heavy atom. The van der Waals surface area contributed by atoms with Gasteiger partial charge < -0.3 is 15.0 Å².